The van der Waals surface area contributed by atoms with Crippen molar-refractivity contribution in [3.63, 3.8) is 0 Å². The molecule has 6 nitrogen and oxygen atoms in total. The van der Waals surface area contributed by atoms with Crippen molar-refractivity contribution in [2.45, 2.75) is 143 Å². The summed E-state index contributed by atoms with van der Waals surface area (Å²) in [6.45, 7) is 7.02. The Morgan fingerprint density at radius 1 is 0.850 bits per heavy atom. The summed E-state index contributed by atoms with van der Waals surface area (Å²) >= 11 is 0. The Morgan fingerprint density at radius 3 is 1.93 bits per heavy atom. The summed E-state index contributed by atoms with van der Waals surface area (Å²) in [5, 5.41) is 20.9. The summed E-state index contributed by atoms with van der Waals surface area (Å²) in [5.74, 6) is 0.513. The molecule has 1 rings (SSSR count). The highest BCUT2D eigenvalue weighted by molar-refractivity contribution is 5.75. The fourth-order valence-corrected chi connectivity index (χ4v) is 4.33. The molecule has 0 bridgehead atoms. The summed E-state index contributed by atoms with van der Waals surface area (Å²) in [4.78, 5) is 22.1. The number of rotatable bonds is 23. The van der Waals surface area contributed by atoms with Crippen LogP contribution in [0.1, 0.15) is 142 Å². The monoisotopic (exact) mass is 561 g/mol. The van der Waals surface area contributed by atoms with Crippen LogP contribution >= 0.6 is 0 Å². The van der Waals surface area contributed by atoms with Crippen molar-refractivity contribution >= 4 is 11.9 Å². The van der Waals surface area contributed by atoms with Crippen molar-refractivity contribution < 1.29 is 24.5 Å². The molecular formula is C34H59NO5. The van der Waals surface area contributed by atoms with E-state index in [1.165, 1.54) is 77.7 Å². The van der Waals surface area contributed by atoms with Crippen LogP contribution in [0.25, 0.3) is 0 Å². The number of carbonyl (C=O) groups is 2. The first-order valence-electron chi connectivity index (χ1n) is 15.8. The van der Waals surface area contributed by atoms with E-state index in [1.807, 2.05) is 0 Å². The molecule has 6 heteroatoms. The number of hydrogen-bond donors (Lipinski definition) is 3. The predicted molar refractivity (Wildman–Crippen MR) is 167 cm³/mol. The van der Waals surface area contributed by atoms with E-state index in [0.717, 1.165) is 37.7 Å². The topological polar surface area (TPSA) is 95.9 Å². The standard InChI is InChI=1S/C18H27NO3.C16H32O2/c1-14(2)8-6-4-5-7-9-18(21)19-13-15-10-11-16(20)17(12-15)22-3;1-2-3-4-5-6-7-8-9-10-11-12-13-14-15-16(17)18/h6,8,10-12,14,20H,4-5,7,9,13H2,1-3H3,(H,19,21);2-15H2,1H3,(H,17,18)/b8-6+;. The van der Waals surface area contributed by atoms with Gasteiger partial charge in [-0.25, -0.2) is 0 Å². The fraction of sp³-hybridized carbons (Fsp3) is 0.706. The van der Waals surface area contributed by atoms with Gasteiger partial charge in [0.25, 0.3) is 0 Å². The predicted octanol–water partition coefficient (Wildman–Crippen LogP) is 9.34. The number of allylic oxidation sites excluding steroid dienone is 2. The smallest absolute Gasteiger partial charge is 0.303 e. The number of phenols is 1. The van der Waals surface area contributed by atoms with E-state index in [4.69, 9.17) is 9.84 Å². The minimum atomic E-state index is -0.655. The van der Waals surface area contributed by atoms with Gasteiger partial charge in [0.05, 0.1) is 7.11 Å². The van der Waals surface area contributed by atoms with Gasteiger partial charge in [-0.3, -0.25) is 9.59 Å². The summed E-state index contributed by atoms with van der Waals surface area (Å²) in [6, 6.07) is 5.07. The molecule has 0 aliphatic carbocycles. The van der Waals surface area contributed by atoms with E-state index in [-0.39, 0.29) is 11.7 Å². The molecule has 40 heavy (non-hydrogen) atoms. The number of hydrogen-bond acceptors (Lipinski definition) is 4. The Kier molecular flexibility index (Phi) is 25.0. The minimum Gasteiger partial charge on any atom is -0.504 e. The number of aliphatic carboxylic acids is 1. The highest BCUT2D eigenvalue weighted by atomic mass is 16.5. The van der Waals surface area contributed by atoms with Gasteiger partial charge in [0.2, 0.25) is 5.91 Å². The molecule has 0 saturated carbocycles. The Hall–Kier alpha value is -2.50. The van der Waals surface area contributed by atoms with Crippen LogP contribution in [0.5, 0.6) is 11.5 Å². The number of benzene rings is 1. The van der Waals surface area contributed by atoms with Gasteiger partial charge in [-0.05, 0) is 49.3 Å². The van der Waals surface area contributed by atoms with Crippen molar-refractivity contribution in [2.24, 2.45) is 5.92 Å². The molecule has 0 aliphatic heterocycles. The van der Waals surface area contributed by atoms with Crippen LogP contribution < -0.4 is 10.1 Å². The van der Waals surface area contributed by atoms with Crippen molar-refractivity contribution in [1.29, 1.82) is 0 Å². The number of methoxy groups -OCH3 is 1. The van der Waals surface area contributed by atoms with Gasteiger partial charge in [0.1, 0.15) is 0 Å². The Bertz CT molecular complexity index is 791. The molecule has 0 fully saturated rings. The fourth-order valence-electron chi connectivity index (χ4n) is 4.33. The molecule has 0 radical (unpaired) electrons. The first-order valence-corrected chi connectivity index (χ1v) is 15.8. The molecule has 1 amide bonds. The molecular weight excluding hydrogens is 502 g/mol. The van der Waals surface area contributed by atoms with E-state index in [1.54, 1.807) is 18.2 Å². The lowest BCUT2D eigenvalue weighted by molar-refractivity contribution is -0.137. The third-order valence-corrected chi connectivity index (χ3v) is 6.77. The van der Waals surface area contributed by atoms with Gasteiger partial charge in [0, 0.05) is 19.4 Å². The maximum atomic E-state index is 11.8. The molecule has 1 aromatic rings. The molecule has 0 aromatic heterocycles. The molecule has 230 valence electrons. The number of carboxylic acids is 1. The number of amides is 1. The van der Waals surface area contributed by atoms with Crippen LogP contribution in [-0.2, 0) is 16.1 Å². The average Bonchev–Trinajstić information content (AvgIpc) is 2.92. The average molecular weight is 562 g/mol. The number of phenolic OH excluding ortho intramolecular Hbond substituents is 1. The van der Waals surface area contributed by atoms with E-state index in [9.17, 15) is 14.7 Å². The maximum absolute atomic E-state index is 11.8. The van der Waals surface area contributed by atoms with Gasteiger partial charge < -0.3 is 20.3 Å². The Balaban J connectivity index is 0.000000778. The SMILES string of the molecule is CCCCCCCCCCCCCCCC(=O)O.COc1cc(CNC(=O)CCCC/C=C/C(C)C)ccc1O. The Labute approximate surface area is 245 Å². The lowest BCUT2D eigenvalue weighted by atomic mass is 10.0. The number of carboxylic acid groups (broad SMARTS) is 1. The number of carbonyl (C=O) groups excluding carboxylic acids is 1. The molecule has 3 N–H and O–H groups in total. The summed E-state index contributed by atoms with van der Waals surface area (Å²) < 4.78 is 5.04. The van der Waals surface area contributed by atoms with Crippen molar-refractivity contribution in [3.8, 4) is 11.5 Å². The van der Waals surface area contributed by atoms with Gasteiger partial charge in [0.15, 0.2) is 11.5 Å². The molecule has 0 atom stereocenters. The first kappa shape index (κ1) is 37.5. The molecule has 0 spiro atoms. The molecule has 0 heterocycles. The second kappa shape index (κ2) is 26.7. The van der Waals surface area contributed by atoms with Crippen molar-refractivity contribution in [2.75, 3.05) is 7.11 Å². The summed E-state index contributed by atoms with van der Waals surface area (Å²) in [5.41, 5.74) is 0.905. The lowest BCUT2D eigenvalue weighted by Crippen LogP contribution is -2.22. The van der Waals surface area contributed by atoms with Crippen LogP contribution in [-0.4, -0.2) is 29.2 Å². The van der Waals surface area contributed by atoms with E-state index in [2.05, 4.69) is 38.2 Å². The quantitative estimate of drug-likeness (QED) is 0.0913. The van der Waals surface area contributed by atoms with Crippen molar-refractivity contribution in [3.05, 3.63) is 35.9 Å². The van der Waals surface area contributed by atoms with Crippen LogP contribution in [0.3, 0.4) is 0 Å². The van der Waals surface area contributed by atoms with Crippen LogP contribution in [0, 0.1) is 5.92 Å². The molecule has 0 unspecified atom stereocenters. The second-order valence-electron chi connectivity index (χ2n) is 11.1. The number of aromatic hydroxyl groups is 1. The number of ether oxygens (including phenoxy) is 1. The van der Waals surface area contributed by atoms with Gasteiger partial charge in [-0.1, -0.05) is 116 Å². The number of nitrogens with one attached hydrogen (secondary N) is 1. The normalized spacial score (nSPS) is 10.9. The van der Waals surface area contributed by atoms with Crippen LogP contribution in [0.4, 0.5) is 0 Å². The second-order valence-corrected chi connectivity index (χ2v) is 11.1. The largest absolute Gasteiger partial charge is 0.504 e. The van der Waals surface area contributed by atoms with Crippen molar-refractivity contribution in [1.82, 2.24) is 5.32 Å². The van der Waals surface area contributed by atoms with E-state index < -0.39 is 5.97 Å². The zero-order valence-electron chi connectivity index (χ0n) is 26.0. The lowest BCUT2D eigenvalue weighted by Gasteiger charge is -2.08. The highest BCUT2D eigenvalue weighted by Crippen LogP contribution is 2.26. The zero-order valence-corrected chi connectivity index (χ0v) is 26.0. The van der Waals surface area contributed by atoms with E-state index >= 15 is 0 Å². The van der Waals surface area contributed by atoms with Crippen LogP contribution in [0.15, 0.2) is 30.4 Å². The molecule has 0 aliphatic rings. The number of unbranched alkanes of at least 4 members (excludes halogenated alkanes) is 14. The molecule has 1 aromatic carbocycles. The minimum absolute atomic E-state index is 0.0554. The third kappa shape index (κ3) is 24.5. The summed E-state index contributed by atoms with van der Waals surface area (Å²) in [7, 11) is 1.51. The molecule has 0 saturated heterocycles. The maximum Gasteiger partial charge on any atom is 0.303 e. The van der Waals surface area contributed by atoms with Crippen LogP contribution in [0.2, 0.25) is 0 Å². The first-order chi connectivity index (χ1) is 19.3. The van der Waals surface area contributed by atoms with Gasteiger partial charge in [-0.15, -0.1) is 0 Å². The summed E-state index contributed by atoms with van der Waals surface area (Å²) in [6.07, 6.45) is 25.2. The zero-order chi connectivity index (χ0) is 29.8. The Morgan fingerprint density at radius 2 is 1.40 bits per heavy atom. The van der Waals surface area contributed by atoms with Gasteiger partial charge >= 0.3 is 5.97 Å². The third-order valence-electron chi connectivity index (χ3n) is 6.77. The highest BCUT2D eigenvalue weighted by Gasteiger charge is 2.05. The van der Waals surface area contributed by atoms with E-state index in [0.29, 0.717) is 31.1 Å². The van der Waals surface area contributed by atoms with Gasteiger partial charge in [-0.2, -0.15) is 0 Å².